The number of aliphatic hydroxyl groups excluding tert-OH is 1. The molecule has 1 aliphatic rings. The van der Waals surface area contributed by atoms with Gasteiger partial charge in [-0.15, -0.1) is 12.6 Å². The van der Waals surface area contributed by atoms with Crippen LogP contribution in [0.15, 0.2) is 28.8 Å². The van der Waals surface area contributed by atoms with Gasteiger partial charge >= 0.3 is 0 Å². The maximum Gasteiger partial charge on any atom is 0.0860 e. The van der Waals surface area contributed by atoms with Gasteiger partial charge in [0.15, 0.2) is 0 Å². The second-order valence-corrected chi connectivity index (χ2v) is 5.62. The molecule has 1 aromatic heterocycles. The minimum atomic E-state index is -0.487. The van der Waals surface area contributed by atoms with Crippen molar-refractivity contribution in [1.82, 2.24) is 9.78 Å². The first-order valence-electron chi connectivity index (χ1n) is 6.25. The minimum absolute atomic E-state index is 0.139. The van der Waals surface area contributed by atoms with Crippen LogP contribution in [-0.4, -0.2) is 21.0 Å². The summed E-state index contributed by atoms with van der Waals surface area (Å²) in [6.07, 6.45) is 6.28. The Hall–Kier alpha value is -1.00. The van der Waals surface area contributed by atoms with E-state index in [2.05, 4.69) is 44.6 Å². The van der Waals surface area contributed by atoms with Gasteiger partial charge in [0.1, 0.15) is 0 Å². The summed E-state index contributed by atoms with van der Waals surface area (Å²) in [5.41, 5.74) is 3.64. The number of aryl methyl sites for hydroxylation is 2. The van der Waals surface area contributed by atoms with Crippen LogP contribution in [0.2, 0.25) is 0 Å². The van der Waals surface area contributed by atoms with E-state index >= 15 is 0 Å². The summed E-state index contributed by atoms with van der Waals surface area (Å²) in [6.45, 7) is 6.97. The Morgan fingerprint density at radius 3 is 2.94 bits per heavy atom. The average Bonchev–Trinajstić information content (AvgIpc) is 2.64. The predicted octanol–water partition coefficient (Wildman–Crippen LogP) is 2.82. The van der Waals surface area contributed by atoms with E-state index in [1.165, 1.54) is 16.8 Å². The molecule has 1 aliphatic heterocycles. The largest absolute Gasteiger partial charge is 0.388 e. The van der Waals surface area contributed by atoms with Crippen LogP contribution in [0.1, 0.15) is 37.4 Å². The van der Waals surface area contributed by atoms with Crippen molar-refractivity contribution in [2.45, 2.75) is 45.8 Å². The van der Waals surface area contributed by atoms with Crippen LogP contribution in [0.25, 0.3) is 0 Å². The number of thiol groups is 1. The van der Waals surface area contributed by atoms with E-state index in [1.807, 2.05) is 17.0 Å². The number of aromatic nitrogens is 2. The van der Waals surface area contributed by atoms with E-state index in [1.54, 1.807) is 0 Å². The van der Waals surface area contributed by atoms with Gasteiger partial charge in [0.2, 0.25) is 0 Å². The zero-order chi connectivity index (χ0) is 13.3. The molecule has 4 heteroatoms. The van der Waals surface area contributed by atoms with Crippen LogP contribution >= 0.6 is 12.6 Å². The van der Waals surface area contributed by atoms with Gasteiger partial charge in [0, 0.05) is 17.4 Å². The van der Waals surface area contributed by atoms with E-state index in [9.17, 15) is 5.11 Å². The summed E-state index contributed by atoms with van der Waals surface area (Å²) in [5, 5.41) is 14.4. The fourth-order valence-corrected chi connectivity index (χ4v) is 2.64. The molecule has 18 heavy (non-hydrogen) atoms. The number of nitrogens with zero attached hydrogens (tertiary/aromatic N) is 2. The summed E-state index contributed by atoms with van der Waals surface area (Å²) in [4.78, 5) is 0.754. The van der Waals surface area contributed by atoms with Crippen LogP contribution in [0.4, 0.5) is 0 Å². The lowest BCUT2D eigenvalue weighted by Gasteiger charge is -2.21. The molecule has 2 unspecified atom stereocenters. The zero-order valence-electron chi connectivity index (χ0n) is 11.1. The van der Waals surface area contributed by atoms with Crippen LogP contribution in [0.3, 0.4) is 0 Å². The molecule has 0 spiro atoms. The molecule has 2 rings (SSSR count). The number of allylic oxidation sites excluding steroid dienone is 3. The summed E-state index contributed by atoms with van der Waals surface area (Å²) in [5.74, 6) is 0.139. The monoisotopic (exact) mass is 264 g/mol. The first-order chi connectivity index (χ1) is 8.49. The van der Waals surface area contributed by atoms with Crippen molar-refractivity contribution in [3.8, 4) is 0 Å². The van der Waals surface area contributed by atoms with Crippen LogP contribution in [0.5, 0.6) is 0 Å². The first kappa shape index (κ1) is 13.4. The molecule has 0 aliphatic carbocycles. The molecular formula is C14H20N2OS. The van der Waals surface area contributed by atoms with Crippen molar-refractivity contribution in [3.05, 3.63) is 40.1 Å². The van der Waals surface area contributed by atoms with Gasteiger partial charge in [0.05, 0.1) is 18.0 Å². The normalized spacial score (nSPS) is 23.7. The molecule has 2 atom stereocenters. The highest BCUT2D eigenvalue weighted by molar-refractivity contribution is 7.84. The third-order valence-electron chi connectivity index (χ3n) is 3.21. The highest BCUT2D eigenvalue weighted by Gasteiger charge is 2.21. The van der Waals surface area contributed by atoms with Crippen LogP contribution in [0, 0.1) is 6.92 Å². The maximum atomic E-state index is 9.96. The van der Waals surface area contributed by atoms with Gasteiger partial charge in [0.25, 0.3) is 0 Å². The second-order valence-electron chi connectivity index (χ2n) is 5.10. The van der Waals surface area contributed by atoms with Crippen molar-refractivity contribution in [1.29, 1.82) is 0 Å². The third-order valence-corrected chi connectivity index (χ3v) is 3.65. The SMILES string of the molecule is CC(C)=CC1C=C(S)C(O)CCn2ncc(C)c21. The molecular weight excluding hydrogens is 244 g/mol. The quantitative estimate of drug-likeness (QED) is 0.604. The van der Waals surface area contributed by atoms with Crippen molar-refractivity contribution >= 4 is 12.6 Å². The highest BCUT2D eigenvalue weighted by Crippen LogP contribution is 2.29. The Bertz CT molecular complexity index is 498. The van der Waals surface area contributed by atoms with E-state index < -0.39 is 6.10 Å². The Labute approximate surface area is 114 Å². The first-order valence-corrected chi connectivity index (χ1v) is 6.70. The van der Waals surface area contributed by atoms with Gasteiger partial charge in [-0.2, -0.15) is 5.10 Å². The molecule has 0 amide bonds. The Morgan fingerprint density at radius 2 is 2.28 bits per heavy atom. The third kappa shape index (κ3) is 2.70. The summed E-state index contributed by atoms with van der Waals surface area (Å²) >= 11 is 4.41. The second kappa shape index (κ2) is 5.33. The zero-order valence-corrected chi connectivity index (χ0v) is 12.0. The summed E-state index contributed by atoms with van der Waals surface area (Å²) < 4.78 is 2.00. The van der Waals surface area contributed by atoms with Gasteiger partial charge in [-0.25, -0.2) is 0 Å². The molecule has 3 nitrogen and oxygen atoms in total. The fraction of sp³-hybridized carbons (Fsp3) is 0.500. The molecule has 2 heterocycles. The molecule has 0 aromatic carbocycles. The Balaban J connectivity index is 2.52. The van der Waals surface area contributed by atoms with Gasteiger partial charge in [-0.05, 0) is 32.8 Å². The lowest BCUT2D eigenvalue weighted by atomic mass is 9.96. The number of hydrogen-bond donors (Lipinski definition) is 2. The lowest BCUT2D eigenvalue weighted by molar-refractivity contribution is 0.197. The molecule has 1 N–H and O–H groups in total. The number of aliphatic hydroxyl groups is 1. The van der Waals surface area contributed by atoms with Crippen molar-refractivity contribution in [3.63, 3.8) is 0 Å². The number of rotatable bonds is 1. The summed E-state index contributed by atoms with van der Waals surface area (Å²) in [6, 6.07) is 0. The van der Waals surface area contributed by atoms with Crippen molar-refractivity contribution < 1.29 is 5.11 Å². The fourth-order valence-electron chi connectivity index (χ4n) is 2.35. The molecule has 0 saturated heterocycles. The number of hydrogen-bond acceptors (Lipinski definition) is 3. The smallest absolute Gasteiger partial charge is 0.0860 e. The Morgan fingerprint density at radius 1 is 1.56 bits per heavy atom. The van der Waals surface area contributed by atoms with Crippen LogP contribution < -0.4 is 0 Å². The van der Waals surface area contributed by atoms with Crippen LogP contribution in [-0.2, 0) is 6.54 Å². The molecule has 0 saturated carbocycles. The summed E-state index contributed by atoms with van der Waals surface area (Å²) in [7, 11) is 0. The predicted molar refractivity (Wildman–Crippen MR) is 76.8 cm³/mol. The standard InChI is InChI=1S/C14H20N2OS/c1-9(2)6-11-7-13(18)12(17)4-5-16-14(11)10(3)8-15-16/h6-8,11-12,17-18H,4-5H2,1-3H3. The maximum absolute atomic E-state index is 9.96. The highest BCUT2D eigenvalue weighted by atomic mass is 32.1. The van der Waals surface area contributed by atoms with Gasteiger partial charge < -0.3 is 5.11 Å². The van der Waals surface area contributed by atoms with Gasteiger partial charge in [-0.3, -0.25) is 4.68 Å². The molecule has 0 fully saturated rings. The van der Waals surface area contributed by atoms with Crippen molar-refractivity contribution in [2.75, 3.05) is 0 Å². The van der Waals surface area contributed by atoms with Crippen molar-refractivity contribution in [2.24, 2.45) is 0 Å². The molecule has 98 valence electrons. The Kier molecular flexibility index (Phi) is 3.97. The molecule has 0 radical (unpaired) electrons. The molecule has 0 bridgehead atoms. The topological polar surface area (TPSA) is 38.0 Å². The lowest BCUT2D eigenvalue weighted by Crippen LogP contribution is -2.18. The van der Waals surface area contributed by atoms with E-state index in [0.717, 1.165) is 11.4 Å². The molecule has 1 aromatic rings. The van der Waals surface area contributed by atoms with E-state index in [4.69, 9.17) is 0 Å². The van der Waals surface area contributed by atoms with E-state index in [-0.39, 0.29) is 5.92 Å². The number of fused-ring (bicyclic) bond motifs is 1. The van der Waals surface area contributed by atoms with Gasteiger partial charge in [-0.1, -0.05) is 17.7 Å². The van der Waals surface area contributed by atoms with E-state index in [0.29, 0.717) is 6.42 Å². The average molecular weight is 264 g/mol. The minimum Gasteiger partial charge on any atom is -0.388 e.